The molecule has 13 heteroatoms. The van der Waals surface area contributed by atoms with Crippen LogP contribution in [0.25, 0.3) is 0 Å². The third-order valence-electron chi connectivity index (χ3n) is 6.79. The van der Waals surface area contributed by atoms with Crippen molar-refractivity contribution in [2.45, 2.75) is 75.7 Å². The zero-order valence-electron chi connectivity index (χ0n) is 27.8. The number of carbonyl (C=O) groups is 1. The minimum absolute atomic E-state index is 0. The maximum absolute atomic E-state index is 9.88. The van der Waals surface area contributed by atoms with Crippen LogP contribution in [0, 0.1) is 56.3 Å². The number of nitrogens with two attached hydrogens (primary N) is 3. The van der Waals surface area contributed by atoms with Crippen molar-refractivity contribution in [2.75, 3.05) is 0 Å². The molecule has 1 heterocycles. The van der Waals surface area contributed by atoms with Gasteiger partial charge in [0.25, 0.3) is 5.97 Å². The summed E-state index contributed by atoms with van der Waals surface area (Å²) in [6, 6.07) is 0. The Morgan fingerprint density at radius 3 is 1.37 bits per heavy atom. The predicted molar refractivity (Wildman–Crippen MR) is 164 cm³/mol. The molecule has 9 N–H and O–H groups in total. The Morgan fingerprint density at radius 2 is 1.12 bits per heavy atom. The topological polar surface area (TPSA) is 194 Å². The number of nitrogens with zero attached hydrogens (tertiary/aromatic N) is 1. The molecule has 6 unspecified atom stereocenters. The first-order chi connectivity index (χ1) is 18.8. The van der Waals surface area contributed by atoms with Gasteiger partial charge < -0.3 is 68.1 Å². The van der Waals surface area contributed by atoms with Crippen molar-refractivity contribution >= 4 is 25.1 Å². The van der Waals surface area contributed by atoms with E-state index in [1.807, 2.05) is 13.8 Å². The summed E-state index contributed by atoms with van der Waals surface area (Å²) in [5.41, 5.74) is 22.9. The number of aliphatic imine (C=N–C) groups is 1. The number of aliphatic carboxylic acids is 1. The Balaban J connectivity index is -0.0000000739. The number of amides is 1. The van der Waals surface area contributed by atoms with E-state index in [1.165, 1.54) is 11.3 Å². The molecule has 43 heavy (non-hydrogen) atoms. The van der Waals surface area contributed by atoms with E-state index in [4.69, 9.17) is 37.0 Å². The maximum atomic E-state index is 9.88. The Morgan fingerprint density at radius 1 is 0.791 bits per heavy atom. The molecule has 0 saturated carbocycles. The Kier molecular flexibility index (Phi) is 47.5. The molecule has 4 rings (SSSR count). The van der Waals surface area contributed by atoms with Crippen LogP contribution in [0.3, 0.4) is 0 Å². The third kappa shape index (κ3) is 20.7. The number of carboxylic acid groups (broad SMARTS) is 1. The standard InChI is InChI=1S/C8H10N.C7H11N2O.C6H12N2.C2H4O2.3C2H5.CHO2.3Y/c1-5-6(2)8-7(5)3-4-9-8;1-4-5(2)7(6(4)8)9-3-10;1-3-4(2)6(8)5(3)7;1-2(3)4;3*1-2;2-1-3;;;/h5-6H,3H2,1-2H3;4-5H,8H2,1-2H3,(H,9,10);3-4H,7-8H2,1-2H3;1H3,(H,3,4);3*1H2,2H3;(H,2,3);;;/q2*-1;;;4*-1;;;. The van der Waals surface area contributed by atoms with Gasteiger partial charge in [0.1, 0.15) is 0 Å². The summed E-state index contributed by atoms with van der Waals surface area (Å²) in [5.74, 6) is 2.44. The van der Waals surface area contributed by atoms with Crippen LogP contribution < -0.4 is 22.5 Å². The van der Waals surface area contributed by atoms with E-state index in [1.54, 1.807) is 27.2 Å². The summed E-state index contributed by atoms with van der Waals surface area (Å²) >= 11 is 0. The smallest absolute Gasteiger partial charge is 0.300 e. The molecule has 1 aliphatic heterocycles. The fourth-order valence-electron chi connectivity index (χ4n) is 3.74. The molecular weight excluding hydrogens is 777 g/mol. The van der Waals surface area contributed by atoms with Crippen LogP contribution in [0.1, 0.15) is 75.7 Å². The average molecular weight is 831 g/mol. The quantitative estimate of drug-likeness (QED) is 0.172. The second kappa shape index (κ2) is 34.9. The Labute approximate surface area is 337 Å². The fourth-order valence-corrected chi connectivity index (χ4v) is 3.74. The van der Waals surface area contributed by atoms with E-state index in [2.05, 4.69) is 65.0 Å². The SMILES string of the molecule is CC(=O)O.CC1C(N)=C(N)C1C.CC1C(N)=C(N[C-]=O)C1C.CC1C2=C(N=[C-]C2)C1C.O=[C-]O.[CH2-]C.[CH2-]C.[CH2-]C.[Y].[Y].[Y]. The minimum Gasteiger partial charge on any atom is -0.665 e. The maximum Gasteiger partial charge on any atom is 0.300 e. The molecule has 10 nitrogen and oxygen atoms in total. The van der Waals surface area contributed by atoms with Gasteiger partial charge in [-0.2, -0.15) is 27.0 Å². The van der Waals surface area contributed by atoms with Gasteiger partial charge in [-0.1, -0.05) is 72.0 Å². The second-order valence-electron chi connectivity index (χ2n) is 8.71. The molecule has 0 aromatic carbocycles. The van der Waals surface area contributed by atoms with Gasteiger partial charge in [0.05, 0.1) is 6.41 Å². The van der Waals surface area contributed by atoms with E-state index in [9.17, 15) is 4.79 Å². The molecule has 3 aliphatic carbocycles. The van der Waals surface area contributed by atoms with Crippen molar-refractivity contribution in [3.8, 4) is 0 Å². The second-order valence-corrected chi connectivity index (χ2v) is 8.71. The molecule has 4 aliphatic rings. The molecule has 0 bridgehead atoms. The molecule has 243 valence electrons. The summed E-state index contributed by atoms with van der Waals surface area (Å²) in [5, 5.41) is 16.6. The van der Waals surface area contributed by atoms with Gasteiger partial charge in [-0.25, -0.2) is 0 Å². The minimum atomic E-state index is -0.833. The van der Waals surface area contributed by atoms with Crippen molar-refractivity contribution in [2.24, 2.45) is 57.7 Å². The number of carbonyl (C=O) groups excluding carboxylic acids is 1. The van der Waals surface area contributed by atoms with Gasteiger partial charge in [-0.3, -0.25) is 4.79 Å². The number of hydrogen-bond donors (Lipinski definition) is 6. The third-order valence-corrected chi connectivity index (χ3v) is 6.79. The first-order valence-electron chi connectivity index (χ1n) is 13.1. The molecule has 1 amide bonds. The van der Waals surface area contributed by atoms with Crippen LogP contribution in [0.4, 0.5) is 0 Å². The van der Waals surface area contributed by atoms with Crippen molar-refractivity contribution in [3.63, 3.8) is 0 Å². The molecular formula is C30H53N5O5Y3-6. The summed E-state index contributed by atoms with van der Waals surface area (Å²) in [6.07, 6.45) is 5.61. The van der Waals surface area contributed by atoms with Gasteiger partial charge in [0.15, 0.2) is 0 Å². The first kappa shape index (κ1) is 58.5. The van der Waals surface area contributed by atoms with Gasteiger partial charge >= 0.3 is 0 Å². The predicted octanol–water partition coefficient (Wildman–Crippen LogP) is 4.59. The zero-order valence-corrected chi connectivity index (χ0v) is 36.3. The molecule has 0 aromatic heterocycles. The van der Waals surface area contributed by atoms with E-state index < -0.39 is 5.97 Å². The van der Waals surface area contributed by atoms with Gasteiger partial charge in [0.2, 0.25) is 0 Å². The summed E-state index contributed by atoms with van der Waals surface area (Å²) in [4.78, 5) is 31.3. The van der Waals surface area contributed by atoms with Crippen molar-refractivity contribution < 1.29 is 123 Å². The van der Waals surface area contributed by atoms with Crippen LogP contribution in [-0.2, 0) is 113 Å². The summed E-state index contributed by atoms with van der Waals surface area (Å²) < 4.78 is 0. The largest absolute Gasteiger partial charge is 0.665 e. The molecule has 6 atom stereocenters. The number of aliphatic hydroxyl groups excluding tert-OH is 1. The average Bonchev–Trinajstić information content (AvgIpc) is 3.44. The van der Waals surface area contributed by atoms with Crippen LogP contribution in [-0.4, -0.2) is 35.3 Å². The van der Waals surface area contributed by atoms with E-state index in [0.717, 1.165) is 42.1 Å². The van der Waals surface area contributed by atoms with Gasteiger partial charge in [0, 0.05) is 128 Å². The van der Waals surface area contributed by atoms with Crippen LogP contribution >= 0.6 is 0 Å². The number of nitrogens with one attached hydrogen (secondary N) is 1. The molecule has 0 saturated heterocycles. The van der Waals surface area contributed by atoms with Crippen LogP contribution in [0.15, 0.2) is 39.1 Å². The number of hydrogen-bond acceptors (Lipinski definition) is 7. The van der Waals surface area contributed by atoms with Gasteiger partial charge in [-0.15, -0.1) is 17.0 Å². The van der Waals surface area contributed by atoms with E-state index in [-0.39, 0.29) is 98.1 Å². The monoisotopic (exact) mass is 830 g/mol. The fraction of sp³-hybridized carbons (Fsp3) is 0.567. The molecule has 0 fully saturated rings. The van der Waals surface area contributed by atoms with Crippen molar-refractivity contribution in [1.29, 1.82) is 0 Å². The summed E-state index contributed by atoms with van der Waals surface area (Å²) in [6.45, 7) is 29.3. The van der Waals surface area contributed by atoms with Crippen molar-refractivity contribution in [3.05, 3.63) is 54.8 Å². The van der Waals surface area contributed by atoms with Crippen LogP contribution in [0.5, 0.6) is 0 Å². The Hall–Kier alpha value is 0.0117. The van der Waals surface area contributed by atoms with Crippen molar-refractivity contribution in [1.82, 2.24) is 5.32 Å². The molecule has 0 aromatic rings. The normalized spacial score (nSPS) is 23.7. The van der Waals surface area contributed by atoms with E-state index >= 15 is 0 Å². The zero-order chi connectivity index (χ0) is 32.7. The van der Waals surface area contributed by atoms with E-state index in [0.29, 0.717) is 36.1 Å². The van der Waals surface area contributed by atoms with Crippen LogP contribution in [0.2, 0.25) is 0 Å². The summed E-state index contributed by atoms with van der Waals surface area (Å²) in [7, 11) is 0. The number of carboxylic acids is 1. The van der Waals surface area contributed by atoms with Gasteiger partial charge in [-0.05, 0) is 11.8 Å². The number of allylic oxidation sites excluding steroid dienone is 6. The Bertz CT molecular complexity index is 860. The molecule has 0 spiro atoms. The first-order valence-corrected chi connectivity index (χ1v) is 13.1. The number of rotatable bonds is 2. The molecule has 3 radical (unpaired) electrons.